The number of rotatable bonds is 5. The molecule has 4 aliphatic heterocycles. The van der Waals surface area contributed by atoms with Crippen LogP contribution in [0.4, 0.5) is 0 Å². The SMILES string of the molecule is Cc1cn(C2OC3(CO3)C(C)C2C)c(=O)[nH]c1=O.[C-]#[N+]C1(CC)OC(n2cc(C)c(=O)[nH]c2=O)C(C)C1C.[C-]#[N+]C1(CO)OC(n2cc(C)c(=O)[nH]c2=O)C(C)C1C. The van der Waals surface area contributed by atoms with E-state index in [-0.39, 0.29) is 47.3 Å². The molecule has 1 spiro atoms. The van der Waals surface area contributed by atoms with Crippen molar-refractivity contribution >= 4 is 0 Å². The van der Waals surface area contributed by atoms with Crippen LogP contribution in [0.3, 0.4) is 0 Å². The van der Waals surface area contributed by atoms with Crippen molar-refractivity contribution in [3.63, 3.8) is 0 Å². The number of aliphatic hydroxyl groups excluding tert-OH is 1. The lowest BCUT2D eigenvalue weighted by atomic mass is 9.87. The molecule has 0 bridgehead atoms. The Labute approximate surface area is 333 Å². The summed E-state index contributed by atoms with van der Waals surface area (Å²) in [5, 5.41) is 9.45. The predicted octanol–water partition coefficient (Wildman–Crippen LogP) is 2.30. The third-order valence-electron chi connectivity index (χ3n) is 12.6. The van der Waals surface area contributed by atoms with E-state index in [0.29, 0.717) is 29.7 Å². The number of nitrogens with zero attached hydrogens (tertiary/aromatic N) is 5. The highest BCUT2D eigenvalue weighted by Crippen LogP contribution is 2.52. The Kier molecular flexibility index (Phi) is 12.3. The number of nitrogens with one attached hydrogen (secondary N) is 3. The molecule has 0 aromatic carbocycles. The number of aromatic amines is 3. The molecule has 7 rings (SSSR count). The van der Waals surface area contributed by atoms with E-state index < -0.39 is 64.5 Å². The summed E-state index contributed by atoms with van der Waals surface area (Å²) in [7, 11) is 0. The molecule has 12 unspecified atom stereocenters. The summed E-state index contributed by atoms with van der Waals surface area (Å²) in [4.78, 5) is 83.8. The fraction of sp³-hybridized carbons (Fsp3) is 0.641. The van der Waals surface area contributed by atoms with Gasteiger partial charge in [-0.05, 0) is 20.8 Å². The highest BCUT2D eigenvalue weighted by molar-refractivity contribution is 5.08. The molecule has 7 heterocycles. The van der Waals surface area contributed by atoms with Crippen molar-refractivity contribution in [2.24, 2.45) is 35.5 Å². The van der Waals surface area contributed by atoms with Crippen LogP contribution in [0, 0.1) is 69.4 Å². The molecule has 12 atom stereocenters. The van der Waals surface area contributed by atoms with Gasteiger partial charge in [0.2, 0.25) is 0 Å². The van der Waals surface area contributed by atoms with Gasteiger partial charge in [0.15, 0.2) is 5.79 Å². The van der Waals surface area contributed by atoms with Crippen LogP contribution in [-0.2, 0) is 18.9 Å². The van der Waals surface area contributed by atoms with Crippen molar-refractivity contribution in [2.45, 2.75) is 112 Å². The van der Waals surface area contributed by atoms with Gasteiger partial charge in [-0.2, -0.15) is 0 Å². The van der Waals surface area contributed by atoms with Crippen molar-refractivity contribution < 1.29 is 24.1 Å². The summed E-state index contributed by atoms with van der Waals surface area (Å²) < 4.78 is 27.0. The average Bonchev–Trinajstić information content (AvgIpc) is 3.82. The molecule has 4 saturated heterocycles. The number of ether oxygens (including phenoxy) is 4. The molecular formula is C39H52N8O11. The van der Waals surface area contributed by atoms with Crippen LogP contribution in [0.15, 0.2) is 47.4 Å². The van der Waals surface area contributed by atoms with Crippen LogP contribution in [-0.4, -0.2) is 64.2 Å². The third kappa shape index (κ3) is 7.60. The molecule has 4 N–H and O–H groups in total. The summed E-state index contributed by atoms with van der Waals surface area (Å²) in [6.07, 6.45) is 3.45. The molecule has 19 heteroatoms. The van der Waals surface area contributed by atoms with Gasteiger partial charge in [-0.1, -0.05) is 48.5 Å². The summed E-state index contributed by atoms with van der Waals surface area (Å²) in [6, 6.07) is 0. The van der Waals surface area contributed by atoms with Crippen LogP contribution < -0.4 is 33.7 Å². The number of hydrogen-bond acceptors (Lipinski definition) is 11. The minimum absolute atomic E-state index is 0.00653. The Morgan fingerprint density at radius 1 is 0.638 bits per heavy atom. The van der Waals surface area contributed by atoms with Crippen molar-refractivity contribution in [1.82, 2.24) is 28.7 Å². The first-order valence-electron chi connectivity index (χ1n) is 19.2. The Balaban J connectivity index is 0.000000166. The maximum atomic E-state index is 12.0. The van der Waals surface area contributed by atoms with Gasteiger partial charge in [0.05, 0.1) is 18.3 Å². The van der Waals surface area contributed by atoms with Gasteiger partial charge in [0.25, 0.3) is 16.7 Å². The van der Waals surface area contributed by atoms with E-state index in [4.69, 9.17) is 32.1 Å². The molecule has 4 fully saturated rings. The highest BCUT2D eigenvalue weighted by Gasteiger charge is 2.62. The number of aliphatic hydroxyl groups is 1. The fourth-order valence-corrected chi connectivity index (χ4v) is 7.84. The lowest BCUT2D eigenvalue weighted by Gasteiger charge is -2.19. The summed E-state index contributed by atoms with van der Waals surface area (Å²) >= 11 is 0. The minimum atomic E-state index is -1.34. The van der Waals surface area contributed by atoms with E-state index >= 15 is 0 Å². The summed E-state index contributed by atoms with van der Waals surface area (Å²) in [6.45, 7) is 33.3. The standard InChI is InChI=1S/C14H19N3O3.C13H17N3O4.C12H16N2O4/c1-6-14(15-5)10(4)9(3)12(20-14)17-7-8(2)11(18)16-13(17)19;1-7-5-16(12(19)15-10(7)18)11-8(2)9(3)13(6-17,14-4)20-11;1-6-4-14(11(16)13-9(6)15)10-7(2)8(3)12(18-10)5-17-12/h7,9-10,12H,6H2,1-4H3,(H,16,18,19);5,8-9,11,17H,6H2,1-3H3,(H,15,18,19);4,7-8,10H,5H2,1-3H3,(H,13,15,16). The van der Waals surface area contributed by atoms with Gasteiger partial charge in [-0.25, -0.2) is 27.5 Å². The second-order valence-corrected chi connectivity index (χ2v) is 15.9. The lowest BCUT2D eigenvalue weighted by Crippen LogP contribution is -2.36. The van der Waals surface area contributed by atoms with E-state index in [1.165, 1.54) is 26.1 Å². The monoisotopic (exact) mass is 808 g/mol. The summed E-state index contributed by atoms with van der Waals surface area (Å²) in [5.41, 5.74) is -3.61. The number of H-pyrrole nitrogens is 3. The van der Waals surface area contributed by atoms with Crippen LogP contribution >= 0.6 is 0 Å². The van der Waals surface area contributed by atoms with Gasteiger partial charge in [-0.3, -0.25) is 62.2 Å². The molecule has 58 heavy (non-hydrogen) atoms. The van der Waals surface area contributed by atoms with Gasteiger partial charge >= 0.3 is 28.5 Å². The molecule has 19 nitrogen and oxygen atoms in total. The zero-order valence-electron chi connectivity index (χ0n) is 34.3. The fourth-order valence-electron chi connectivity index (χ4n) is 7.84. The van der Waals surface area contributed by atoms with Crippen LogP contribution in [0.1, 0.15) is 90.3 Å². The van der Waals surface area contributed by atoms with E-state index in [0.717, 1.165) is 0 Å². The topological polar surface area (TPSA) is 234 Å². The first kappa shape index (κ1) is 43.9. The molecule has 0 aliphatic carbocycles. The quantitative estimate of drug-likeness (QED) is 0.216. The molecule has 0 radical (unpaired) electrons. The molecule has 3 aromatic heterocycles. The molecule has 314 valence electrons. The maximum absolute atomic E-state index is 12.0. The number of epoxide rings is 1. The summed E-state index contributed by atoms with van der Waals surface area (Å²) in [5.74, 6) is -0.528. The van der Waals surface area contributed by atoms with E-state index in [1.54, 1.807) is 27.0 Å². The van der Waals surface area contributed by atoms with Gasteiger partial charge in [0.1, 0.15) is 31.9 Å². The van der Waals surface area contributed by atoms with Crippen molar-refractivity contribution in [1.29, 1.82) is 0 Å². The zero-order chi connectivity index (χ0) is 43.2. The Hall–Kier alpha value is -5.18. The van der Waals surface area contributed by atoms with Crippen LogP contribution in [0.25, 0.3) is 9.69 Å². The smallest absolute Gasteiger partial charge is 0.364 e. The van der Waals surface area contributed by atoms with Crippen molar-refractivity contribution in [3.8, 4) is 0 Å². The molecule has 0 saturated carbocycles. The van der Waals surface area contributed by atoms with E-state index in [9.17, 15) is 33.9 Å². The van der Waals surface area contributed by atoms with E-state index in [2.05, 4.69) is 31.6 Å². The Morgan fingerprint density at radius 2 is 0.966 bits per heavy atom. The lowest BCUT2D eigenvalue weighted by molar-refractivity contribution is -0.0854. The van der Waals surface area contributed by atoms with Gasteiger partial charge < -0.3 is 14.6 Å². The number of hydrogen-bond donors (Lipinski definition) is 4. The Bertz CT molecular complexity index is 2360. The van der Waals surface area contributed by atoms with Crippen molar-refractivity contribution in [2.75, 3.05) is 13.2 Å². The number of aromatic nitrogens is 6. The van der Waals surface area contributed by atoms with Crippen LogP contribution in [0.5, 0.6) is 0 Å². The second-order valence-electron chi connectivity index (χ2n) is 15.9. The molecular weight excluding hydrogens is 756 g/mol. The first-order chi connectivity index (χ1) is 27.2. The molecule has 0 amide bonds. The maximum Gasteiger partial charge on any atom is 0.364 e. The van der Waals surface area contributed by atoms with Gasteiger partial charge in [0, 0.05) is 59.0 Å². The van der Waals surface area contributed by atoms with Gasteiger partial charge in [-0.15, -0.1) is 0 Å². The van der Waals surface area contributed by atoms with Crippen LogP contribution in [0.2, 0.25) is 0 Å². The third-order valence-corrected chi connectivity index (χ3v) is 12.6. The Morgan fingerprint density at radius 3 is 1.24 bits per heavy atom. The molecule has 4 aliphatic rings. The number of aryl methyl sites for hydroxylation is 3. The second kappa shape index (κ2) is 16.2. The zero-order valence-corrected chi connectivity index (χ0v) is 34.3. The first-order valence-corrected chi connectivity index (χ1v) is 19.2. The molecule has 3 aromatic rings. The minimum Gasteiger partial charge on any atom is -0.385 e. The van der Waals surface area contributed by atoms with Crippen molar-refractivity contribution in [3.05, 3.63) is 121 Å². The predicted molar refractivity (Wildman–Crippen MR) is 208 cm³/mol. The average molecular weight is 809 g/mol. The normalized spacial score (nSPS) is 34.7. The highest BCUT2D eigenvalue weighted by atomic mass is 16.8. The largest absolute Gasteiger partial charge is 0.385 e. The van der Waals surface area contributed by atoms with E-state index in [1.807, 2.05) is 41.5 Å².